The Kier molecular flexibility index (Phi) is 10.3. The number of aromatic nitrogens is 2. The van der Waals surface area contributed by atoms with Gasteiger partial charge in [-0.05, 0) is 56.5 Å². The second-order valence-corrected chi connectivity index (χ2v) is 14.0. The Morgan fingerprint density at radius 2 is 1.89 bits per heavy atom. The van der Waals surface area contributed by atoms with Crippen molar-refractivity contribution >= 4 is 56.3 Å². The molecule has 0 atom stereocenters. The number of carbonyl (C=O) groups is 2. The molecule has 0 aliphatic carbocycles. The molecule has 3 aromatic rings. The van der Waals surface area contributed by atoms with Gasteiger partial charge in [0.1, 0.15) is 10.0 Å². The molecule has 44 heavy (non-hydrogen) atoms. The Hall–Kier alpha value is -3.36. The van der Waals surface area contributed by atoms with E-state index in [1.807, 2.05) is 36.5 Å². The van der Waals surface area contributed by atoms with Crippen LogP contribution in [-0.4, -0.2) is 83.6 Å². The van der Waals surface area contributed by atoms with E-state index in [-0.39, 0.29) is 35.8 Å². The van der Waals surface area contributed by atoms with Crippen LogP contribution in [0.25, 0.3) is 23.0 Å². The monoisotopic (exact) mass is 654 g/mol. The zero-order valence-corrected chi connectivity index (χ0v) is 27.0. The number of thiocarbonyl (C=S) groups is 1. The van der Waals surface area contributed by atoms with Gasteiger partial charge in [0.2, 0.25) is 10.0 Å². The summed E-state index contributed by atoms with van der Waals surface area (Å²) in [6, 6.07) is 16.2. The highest BCUT2D eigenvalue weighted by Gasteiger charge is 2.34. The lowest BCUT2D eigenvalue weighted by Crippen LogP contribution is -2.40. The maximum absolute atomic E-state index is 13.7. The second kappa shape index (κ2) is 14.2. The van der Waals surface area contributed by atoms with E-state index in [9.17, 15) is 18.0 Å². The van der Waals surface area contributed by atoms with Crippen molar-refractivity contribution in [2.45, 2.75) is 31.1 Å². The molecule has 0 saturated carbocycles. The van der Waals surface area contributed by atoms with Gasteiger partial charge in [-0.25, -0.2) is 13.1 Å². The van der Waals surface area contributed by atoms with Gasteiger partial charge in [-0.1, -0.05) is 54.3 Å². The van der Waals surface area contributed by atoms with Crippen molar-refractivity contribution in [1.29, 1.82) is 0 Å². The minimum Gasteiger partial charge on any atom is -0.466 e. The zero-order chi connectivity index (χ0) is 31.3. The summed E-state index contributed by atoms with van der Waals surface area (Å²) < 4.78 is 41.2. The van der Waals surface area contributed by atoms with Crippen molar-refractivity contribution in [3.63, 3.8) is 0 Å². The molecule has 10 nitrogen and oxygen atoms in total. The predicted octanol–water partition coefficient (Wildman–Crippen LogP) is 4.74. The Bertz CT molecular complexity index is 1660. The molecule has 0 bridgehead atoms. The fourth-order valence-electron chi connectivity index (χ4n) is 5.18. The molecule has 0 N–H and O–H groups in total. The number of rotatable bonds is 11. The number of ether oxygens (including phenoxy) is 2. The molecule has 2 saturated heterocycles. The molecule has 0 spiro atoms. The lowest BCUT2D eigenvalue weighted by Gasteiger charge is -2.30. The number of thioether (sulfide) groups is 1. The number of esters is 1. The van der Waals surface area contributed by atoms with Crippen LogP contribution in [0.15, 0.2) is 70.6 Å². The number of piperidine rings is 1. The lowest BCUT2D eigenvalue weighted by atomic mass is 9.98. The van der Waals surface area contributed by atoms with Crippen LogP contribution in [0.3, 0.4) is 0 Å². The van der Waals surface area contributed by atoms with Crippen molar-refractivity contribution in [1.82, 2.24) is 19.0 Å². The van der Waals surface area contributed by atoms with Crippen LogP contribution in [0.5, 0.6) is 0 Å². The van der Waals surface area contributed by atoms with E-state index in [0.29, 0.717) is 65.1 Å². The molecule has 2 aliphatic rings. The van der Waals surface area contributed by atoms with Crippen LogP contribution >= 0.6 is 24.0 Å². The molecule has 1 amide bonds. The number of sulfonamides is 1. The van der Waals surface area contributed by atoms with Gasteiger partial charge >= 0.3 is 5.97 Å². The molecule has 3 heterocycles. The van der Waals surface area contributed by atoms with E-state index in [1.54, 1.807) is 54.0 Å². The van der Waals surface area contributed by atoms with E-state index in [4.69, 9.17) is 26.8 Å². The first-order chi connectivity index (χ1) is 21.2. The molecule has 2 aliphatic heterocycles. The first kappa shape index (κ1) is 32.0. The highest BCUT2D eigenvalue weighted by Crippen LogP contribution is 2.36. The van der Waals surface area contributed by atoms with Gasteiger partial charge in [0, 0.05) is 50.7 Å². The van der Waals surface area contributed by atoms with Crippen LogP contribution in [0, 0.1) is 5.92 Å². The number of benzene rings is 2. The Labute approximate surface area is 267 Å². The third-order valence-electron chi connectivity index (χ3n) is 7.47. The van der Waals surface area contributed by atoms with Gasteiger partial charge in [0.15, 0.2) is 0 Å². The molecule has 13 heteroatoms. The summed E-state index contributed by atoms with van der Waals surface area (Å²) in [5.41, 5.74) is 2.57. The molecule has 2 fully saturated rings. The third-order valence-corrected chi connectivity index (χ3v) is 10.7. The quantitative estimate of drug-likeness (QED) is 0.125. The van der Waals surface area contributed by atoms with Crippen molar-refractivity contribution in [2.75, 3.05) is 40.0 Å². The zero-order valence-electron chi connectivity index (χ0n) is 24.5. The van der Waals surface area contributed by atoms with Gasteiger partial charge in [-0.2, -0.15) is 9.40 Å². The summed E-state index contributed by atoms with van der Waals surface area (Å²) in [6.45, 7) is 3.50. The van der Waals surface area contributed by atoms with E-state index >= 15 is 0 Å². The lowest BCUT2D eigenvalue weighted by molar-refractivity contribution is -0.149. The SMILES string of the molecule is CCOC(=O)C1CCN(S(=O)(=O)c2cccc(-c3nn(-c4ccccc4)cc3C=C3SC(=S)N(CCCOC)C3=O)c2)CC1. The smallest absolute Gasteiger partial charge is 0.309 e. The number of carbonyl (C=O) groups excluding carboxylic acids is 2. The summed E-state index contributed by atoms with van der Waals surface area (Å²) in [6.07, 6.45) is 5.07. The van der Waals surface area contributed by atoms with Gasteiger partial charge in [-0.15, -0.1) is 0 Å². The molecule has 0 radical (unpaired) electrons. The topological polar surface area (TPSA) is 111 Å². The van der Waals surface area contributed by atoms with Gasteiger partial charge < -0.3 is 9.47 Å². The van der Waals surface area contributed by atoms with Gasteiger partial charge in [0.05, 0.1) is 28.0 Å². The van der Waals surface area contributed by atoms with Crippen LogP contribution in [-0.2, 0) is 29.1 Å². The fraction of sp³-hybridized carbons (Fsp3) is 0.355. The minimum absolute atomic E-state index is 0.134. The Balaban J connectivity index is 1.46. The van der Waals surface area contributed by atoms with E-state index < -0.39 is 10.0 Å². The van der Waals surface area contributed by atoms with Crippen LogP contribution < -0.4 is 0 Å². The third kappa shape index (κ3) is 6.97. The maximum atomic E-state index is 13.7. The number of amides is 1. The molecule has 2 aromatic carbocycles. The Morgan fingerprint density at radius 3 is 2.59 bits per heavy atom. The van der Waals surface area contributed by atoms with E-state index in [2.05, 4.69) is 0 Å². The number of nitrogens with zero attached hydrogens (tertiary/aromatic N) is 4. The molecule has 232 valence electrons. The average molecular weight is 655 g/mol. The number of para-hydroxylation sites is 1. The number of hydrogen-bond acceptors (Lipinski definition) is 9. The standard InChI is InChI=1S/C31H34N4O6S3/c1-3-41-30(37)22-13-16-33(17-14-22)44(38,39)26-12-7-9-23(19-26)28-24(21-35(32-28)25-10-5-4-6-11-25)20-27-29(36)34(31(42)43-27)15-8-18-40-2/h4-7,9-12,19-22H,3,8,13-18H2,1-2H3. The summed E-state index contributed by atoms with van der Waals surface area (Å²) in [5.74, 6) is -0.762. The maximum Gasteiger partial charge on any atom is 0.309 e. The molecular formula is C31H34N4O6S3. The van der Waals surface area contributed by atoms with Crippen LogP contribution in [0.1, 0.15) is 31.7 Å². The van der Waals surface area contributed by atoms with E-state index in [0.717, 1.165) is 5.69 Å². The molecule has 0 unspecified atom stereocenters. The van der Waals surface area contributed by atoms with Crippen molar-refractivity contribution in [3.05, 3.63) is 71.3 Å². The van der Waals surface area contributed by atoms with Crippen LogP contribution in [0.2, 0.25) is 0 Å². The highest BCUT2D eigenvalue weighted by molar-refractivity contribution is 8.26. The van der Waals surface area contributed by atoms with Crippen molar-refractivity contribution in [3.8, 4) is 16.9 Å². The molecular weight excluding hydrogens is 621 g/mol. The number of methoxy groups -OCH3 is 1. The predicted molar refractivity (Wildman–Crippen MR) is 173 cm³/mol. The summed E-state index contributed by atoms with van der Waals surface area (Å²) in [7, 11) is -2.21. The first-order valence-corrected chi connectivity index (χ1v) is 17.1. The molecule has 1 aromatic heterocycles. The highest BCUT2D eigenvalue weighted by atomic mass is 32.2. The average Bonchev–Trinajstić information content (AvgIpc) is 3.58. The second-order valence-electron chi connectivity index (χ2n) is 10.4. The fourth-order valence-corrected chi connectivity index (χ4v) is 7.99. The summed E-state index contributed by atoms with van der Waals surface area (Å²) in [5, 5.41) is 4.83. The van der Waals surface area contributed by atoms with Crippen molar-refractivity contribution in [2.24, 2.45) is 5.92 Å². The molecule has 5 rings (SSSR count). The van der Waals surface area contributed by atoms with E-state index in [1.165, 1.54) is 16.1 Å². The largest absolute Gasteiger partial charge is 0.466 e. The van der Waals surface area contributed by atoms with Crippen molar-refractivity contribution < 1.29 is 27.5 Å². The minimum atomic E-state index is -3.83. The van der Waals surface area contributed by atoms with Gasteiger partial charge in [0.25, 0.3) is 5.91 Å². The van der Waals surface area contributed by atoms with Crippen LogP contribution in [0.4, 0.5) is 0 Å². The summed E-state index contributed by atoms with van der Waals surface area (Å²) >= 11 is 6.72. The first-order valence-electron chi connectivity index (χ1n) is 14.4. The Morgan fingerprint density at radius 1 is 1.14 bits per heavy atom. The summed E-state index contributed by atoms with van der Waals surface area (Å²) in [4.78, 5) is 27.6. The normalized spacial score (nSPS) is 17.5. The number of hydrogen-bond donors (Lipinski definition) is 0. The van der Waals surface area contributed by atoms with Gasteiger partial charge in [-0.3, -0.25) is 14.5 Å².